The molecule has 2 aliphatic rings. The highest BCUT2D eigenvalue weighted by Crippen LogP contribution is 2.44. The fourth-order valence-electron chi connectivity index (χ4n) is 5.58. The Kier molecular flexibility index (Phi) is 8.57. The number of amides is 2. The number of nitrogens with one attached hydrogen (secondary N) is 1. The topological polar surface area (TPSA) is 61.9 Å². The predicted octanol–water partition coefficient (Wildman–Crippen LogP) is 7.47. The van der Waals surface area contributed by atoms with Crippen LogP contribution in [-0.4, -0.2) is 48.5 Å². The van der Waals surface area contributed by atoms with Crippen LogP contribution in [0.4, 0.5) is 14.9 Å². The van der Waals surface area contributed by atoms with E-state index in [1.807, 2.05) is 24.3 Å². The lowest BCUT2D eigenvalue weighted by Gasteiger charge is -2.44. The molecule has 1 N–H and O–H groups in total. The van der Waals surface area contributed by atoms with E-state index >= 15 is 0 Å². The summed E-state index contributed by atoms with van der Waals surface area (Å²) >= 11 is 18.8. The molecule has 2 heterocycles. The molecule has 3 aromatic carbocycles. The van der Waals surface area contributed by atoms with Crippen LogP contribution in [0.3, 0.4) is 0 Å². The molecule has 210 valence electrons. The van der Waals surface area contributed by atoms with Gasteiger partial charge in [-0.3, -0.25) is 10.1 Å². The Hall–Kier alpha value is -2.84. The van der Waals surface area contributed by atoms with Gasteiger partial charge >= 0.3 is 6.09 Å². The van der Waals surface area contributed by atoms with E-state index in [2.05, 4.69) is 10.2 Å². The van der Waals surface area contributed by atoms with Crippen LogP contribution in [0.25, 0.3) is 0 Å². The second-order valence-electron chi connectivity index (χ2n) is 10.3. The molecule has 1 fully saturated rings. The Labute approximate surface area is 247 Å². The average Bonchev–Trinajstić information content (AvgIpc) is 2.93. The van der Waals surface area contributed by atoms with E-state index in [9.17, 15) is 14.0 Å². The highest BCUT2D eigenvalue weighted by atomic mass is 35.5. The van der Waals surface area contributed by atoms with Crippen molar-refractivity contribution in [3.05, 3.63) is 98.2 Å². The minimum atomic E-state index is -0.871. The predicted molar refractivity (Wildman–Crippen MR) is 156 cm³/mol. The summed E-state index contributed by atoms with van der Waals surface area (Å²) in [6.07, 6.45) is 1.06. The van der Waals surface area contributed by atoms with Gasteiger partial charge < -0.3 is 14.5 Å². The number of rotatable bonds is 7. The van der Waals surface area contributed by atoms with Crippen molar-refractivity contribution in [1.29, 1.82) is 0 Å². The van der Waals surface area contributed by atoms with E-state index in [0.717, 1.165) is 11.1 Å². The van der Waals surface area contributed by atoms with Crippen molar-refractivity contribution >= 4 is 52.5 Å². The maximum Gasteiger partial charge on any atom is 0.412 e. The van der Waals surface area contributed by atoms with Gasteiger partial charge in [0.25, 0.3) is 0 Å². The number of halogens is 4. The number of hydrogen-bond donors (Lipinski definition) is 1. The second kappa shape index (κ2) is 12.0. The SMILES string of the molecule is CN(Cc1ccccc1Cl)C(=O)C(CCN1CCC2(CC1)OC(=O)Nc1ccc(F)cc12)c1ccc(Cl)c(Cl)c1. The van der Waals surface area contributed by atoms with Gasteiger partial charge in [0.1, 0.15) is 11.4 Å². The van der Waals surface area contributed by atoms with Crippen molar-refractivity contribution in [2.75, 3.05) is 32.0 Å². The molecule has 5 rings (SSSR count). The van der Waals surface area contributed by atoms with Gasteiger partial charge in [0.15, 0.2) is 0 Å². The Morgan fingerprint density at radius 1 is 1.05 bits per heavy atom. The monoisotopic (exact) mass is 603 g/mol. The number of ether oxygens (including phenoxy) is 1. The summed E-state index contributed by atoms with van der Waals surface area (Å²) in [5.74, 6) is -0.877. The standard InChI is InChI=1S/C30H29Cl3FN3O3/c1-36(18-20-4-2-3-5-24(20)31)28(38)22(19-6-8-25(32)26(33)16-19)10-13-37-14-11-30(12-15-37)23-17-21(34)7-9-27(23)35-29(39)40-30/h2-9,16-17,22H,10-15,18H2,1H3,(H,35,39). The van der Waals surface area contributed by atoms with Crippen molar-refractivity contribution in [3.63, 3.8) is 0 Å². The van der Waals surface area contributed by atoms with Crippen molar-refractivity contribution in [2.24, 2.45) is 0 Å². The van der Waals surface area contributed by atoms with Crippen LogP contribution in [0.15, 0.2) is 60.7 Å². The van der Waals surface area contributed by atoms with Gasteiger partial charge in [-0.15, -0.1) is 0 Å². The van der Waals surface area contributed by atoms with Crippen LogP contribution < -0.4 is 5.32 Å². The summed E-state index contributed by atoms with van der Waals surface area (Å²) in [4.78, 5) is 30.0. The van der Waals surface area contributed by atoms with Crippen LogP contribution in [0, 0.1) is 5.82 Å². The lowest BCUT2D eigenvalue weighted by atomic mass is 9.82. The second-order valence-corrected chi connectivity index (χ2v) is 11.6. The third-order valence-electron chi connectivity index (χ3n) is 7.78. The van der Waals surface area contributed by atoms with Crippen molar-refractivity contribution in [1.82, 2.24) is 9.80 Å². The number of hydrogen-bond acceptors (Lipinski definition) is 4. The molecule has 6 nitrogen and oxygen atoms in total. The zero-order valence-corrected chi connectivity index (χ0v) is 24.2. The molecule has 1 spiro atoms. The van der Waals surface area contributed by atoms with Crippen molar-refractivity contribution < 1.29 is 18.7 Å². The van der Waals surface area contributed by atoms with Crippen LogP contribution >= 0.6 is 34.8 Å². The molecule has 10 heteroatoms. The highest BCUT2D eigenvalue weighted by molar-refractivity contribution is 6.42. The molecule has 3 aromatic rings. The van der Waals surface area contributed by atoms with Crippen LogP contribution in [0.5, 0.6) is 0 Å². The molecule has 2 aliphatic heterocycles. The quantitative estimate of drug-likeness (QED) is 0.304. The fourth-order valence-corrected chi connectivity index (χ4v) is 6.08. The van der Waals surface area contributed by atoms with E-state index < -0.39 is 17.6 Å². The zero-order valence-electron chi connectivity index (χ0n) is 21.9. The van der Waals surface area contributed by atoms with Gasteiger partial charge in [0.05, 0.1) is 21.7 Å². The number of benzene rings is 3. The Balaban J connectivity index is 1.30. The molecule has 0 radical (unpaired) electrons. The summed E-state index contributed by atoms with van der Waals surface area (Å²) in [6.45, 7) is 2.26. The van der Waals surface area contributed by atoms with Crippen LogP contribution in [-0.2, 0) is 21.7 Å². The first-order chi connectivity index (χ1) is 19.1. The normalized spacial score (nSPS) is 17.1. The summed E-state index contributed by atoms with van der Waals surface area (Å²) in [6, 6.07) is 17.1. The minimum Gasteiger partial charge on any atom is -0.438 e. The van der Waals surface area contributed by atoms with Crippen molar-refractivity contribution in [3.8, 4) is 0 Å². The number of carbonyl (C=O) groups excluding carboxylic acids is 2. The molecular weight excluding hydrogens is 576 g/mol. The van der Waals surface area contributed by atoms with Gasteiger partial charge in [-0.05, 0) is 60.5 Å². The minimum absolute atomic E-state index is 0.0523. The number of anilines is 1. The zero-order chi connectivity index (χ0) is 28.4. The van der Waals surface area contributed by atoms with E-state index in [-0.39, 0.29) is 11.7 Å². The fraction of sp³-hybridized carbons (Fsp3) is 0.333. The first kappa shape index (κ1) is 28.7. The molecule has 1 atom stereocenters. The molecule has 40 heavy (non-hydrogen) atoms. The third-order valence-corrected chi connectivity index (χ3v) is 8.89. The molecular formula is C30H29Cl3FN3O3. The molecule has 0 saturated carbocycles. The number of likely N-dealkylation sites (tertiary alicyclic amines) is 1. The van der Waals surface area contributed by atoms with Gasteiger partial charge in [0, 0.05) is 50.1 Å². The Morgan fingerprint density at radius 2 is 1.80 bits per heavy atom. The number of carbonyl (C=O) groups is 2. The van der Waals surface area contributed by atoms with Crippen LogP contribution in [0.2, 0.25) is 15.1 Å². The van der Waals surface area contributed by atoms with Crippen molar-refractivity contribution in [2.45, 2.75) is 37.3 Å². The molecule has 1 saturated heterocycles. The third kappa shape index (κ3) is 6.08. The van der Waals surface area contributed by atoms with Gasteiger partial charge in [-0.25, -0.2) is 9.18 Å². The summed E-state index contributed by atoms with van der Waals surface area (Å²) in [5, 5.41) is 4.09. The Bertz CT molecular complexity index is 1430. The largest absolute Gasteiger partial charge is 0.438 e. The smallest absolute Gasteiger partial charge is 0.412 e. The van der Waals surface area contributed by atoms with Gasteiger partial charge in [0.2, 0.25) is 5.91 Å². The molecule has 2 amide bonds. The average molecular weight is 605 g/mol. The number of likely N-dealkylation sites (N-methyl/N-ethyl adjacent to an activating group) is 1. The highest BCUT2D eigenvalue weighted by Gasteiger charge is 2.44. The van der Waals surface area contributed by atoms with E-state index in [1.54, 1.807) is 36.2 Å². The van der Waals surface area contributed by atoms with E-state index in [0.29, 0.717) is 71.8 Å². The molecule has 0 aliphatic carbocycles. The van der Waals surface area contributed by atoms with Crippen LogP contribution in [0.1, 0.15) is 41.9 Å². The molecule has 1 unspecified atom stereocenters. The summed E-state index contributed by atoms with van der Waals surface area (Å²) < 4.78 is 19.8. The first-order valence-electron chi connectivity index (χ1n) is 13.1. The van der Waals surface area contributed by atoms with Gasteiger partial charge in [-0.1, -0.05) is 59.1 Å². The number of nitrogens with zero attached hydrogens (tertiary/aromatic N) is 2. The molecule has 0 bridgehead atoms. The molecule has 0 aromatic heterocycles. The maximum atomic E-state index is 14.1. The summed E-state index contributed by atoms with van der Waals surface area (Å²) in [7, 11) is 1.77. The van der Waals surface area contributed by atoms with Gasteiger partial charge in [-0.2, -0.15) is 0 Å². The van der Waals surface area contributed by atoms with E-state index in [4.69, 9.17) is 39.5 Å². The Morgan fingerprint density at radius 3 is 2.52 bits per heavy atom. The number of piperidine rings is 1. The lowest BCUT2D eigenvalue weighted by molar-refractivity contribution is -0.132. The number of fused-ring (bicyclic) bond motifs is 2. The lowest BCUT2D eigenvalue weighted by Crippen LogP contribution is -2.48. The maximum absolute atomic E-state index is 14.1. The first-order valence-corrected chi connectivity index (χ1v) is 14.2. The van der Waals surface area contributed by atoms with E-state index in [1.165, 1.54) is 12.1 Å². The summed E-state index contributed by atoms with van der Waals surface area (Å²) in [5.41, 5.74) is 2.03.